The molecule has 2 rings (SSSR count). The summed E-state index contributed by atoms with van der Waals surface area (Å²) in [5.74, 6) is -0.0787. The Morgan fingerprint density at radius 2 is 2.29 bits per heavy atom. The molecule has 1 amide bonds. The lowest BCUT2D eigenvalue weighted by Gasteiger charge is -2.30. The van der Waals surface area contributed by atoms with E-state index < -0.39 is 6.10 Å². The second-order valence-electron chi connectivity index (χ2n) is 4.64. The SMILES string of the molecule is Cc1ccc(N)c(C(=O)N2CCC[C@H](O)C2)c1. The zero-order valence-corrected chi connectivity index (χ0v) is 10.0. The summed E-state index contributed by atoms with van der Waals surface area (Å²) in [6.07, 6.45) is 1.21. The highest BCUT2D eigenvalue weighted by Gasteiger charge is 2.24. The van der Waals surface area contributed by atoms with Crippen molar-refractivity contribution in [2.24, 2.45) is 0 Å². The monoisotopic (exact) mass is 234 g/mol. The Morgan fingerprint density at radius 3 is 3.00 bits per heavy atom. The maximum absolute atomic E-state index is 12.3. The molecule has 4 nitrogen and oxygen atoms in total. The molecule has 1 atom stereocenters. The van der Waals surface area contributed by atoms with Crippen molar-refractivity contribution in [2.75, 3.05) is 18.8 Å². The van der Waals surface area contributed by atoms with Gasteiger partial charge in [-0.15, -0.1) is 0 Å². The summed E-state index contributed by atoms with van der Waals surface area (Å²) in [7, 11) is 0. The number of hydrogen-bond donors (Lipinski definition) is 2. The topological polar surface area (TPSA) is 66.6 Å². The lowest BCUT2D eigenvalue weighted by Crippen LogP contribution is -2.42. The smallest absolute Gasteiger partial charge is 0.256 e. The molecule has 0 unspecified atom stereocenters. The number of anilines is 1. The van der Waals surface area contributed by atoms with Gasteiger partial charge < -0.3 is 15.7 Å². The van der Waals surface area contributed by atoms with E-state index in [1.165, 1.54) is 0 Å². The molecule has 4 heteroatoms. The first kappa shape index (κ1) is 11.9. The summed E-state index contributed by atoms with van der Waals surface area (Å²) in [4.78, 5) is 13.9. The lowest BCUT2D eigenvalue weighted by atomic mass is 10.0. The Hall–Kier alpha value is -1.55. The van der Waals surface area contributed by atoms with Crippen molar-refractivity contribution in [1.82, 2.24) is 4.90 Å². The Bertz CT molecular complexity index is 431. The van der Waals surface area contributed by atoms with E-state index in [2.05, 4.69) is 0 Å². The predicted octanol–water partition coefficient (Wildman–Crippen LogP) is 1.17. The molecule has 3 N–H and O–H groups in total. The fourth-order valence-corrected chi connectivity index (χ4v) is 2.16. The average Bonchev–Trinajstić information content (AvgIpc) is 2.31. The van der Waals surface area contributed by atoms with Gasteiger partial charge in [-0.3, -0.25) is 4.79 Å². The van der Waals surface area contributed by atoms with E-state index >= 15 is 0 Å². The number of aliphatic hydroxyl groups excluding tert-OH is 1. The molecule has 0 aromatic heterocycles. The number of nitrogens with zero attached hydrogens (tertiary/aromatic N) is 1. The summed E-state index contributed by atoms with van der Waals surface area (Å²) in [5, 5.41) is 9.57. The number of aryl methyl sites for hydroxylation is 1. The Morgan fingerprint density at radius 1 is 1.53 bits per heavy atom. The first-order valence-electron chi connectivity index (χ1n) is 5.91. The molecule has 1 fully saturated rings. The van der Waals surface area contributed by atoms with Crippen molar-refractivity contribution in [3.63, 3.8) is 0 Å². The van der Waals surface area contributed by atoms with Gasteiger partial charge in [0.25, 0.3) is 5.91 Å². The number of amides is 1. The van der Waals surface area contributed by atoms with Crippen LogP contribution in [0.3, 0.4) is 0 Å². The van der Waals surface area contributed by atoms with Gasteiger partial charge in [-0.2, -0.15) is 0 Å². The highest BCUT2D eigenvalue weighted by molar-refractivity contribution is 5.99. The van der Waals surface area contributed by atoms with E-state index in [9.17, 15) is 9.90 Å². The van der Waals surface area contributed by atoms with Crippen molar-refractivity contribution in [2.45, 2.75) is 25.9 Å². The summed E-state index contributed by atoms with van der Waals surface area (Å²) >= 11 is 0. The number of benzene rings is 1. The fraction of sp³-hybridized carbons (Fsp3) is 0.462. The van der Waals surface area contributed by atoms with Crippen molar-refractivity contribution >= 4 is 11.6 Å². The van der Waals surface area contributed by atoms with Crippen LogP contribution in [0.1, 0.15) is 28.8 Å². The van der Waals surface area contributed by atoms with Gasteiger partial charge in [0.15, 0.2) is 0 Å². The highest BCUT2D eigenvalue weighted by Crippen LogP contribution is 2.19. The quantitative estimate of drug-likeness (QED) is 0.717. The molecule has 0 aliphatic carbocycles. The van der Waals surface area contributed by atoms with E-state index in [1.54, 1.807) is 17.0 Å². The minimum atomic E-state index is -0.404. The van der Waals surface area contributed by atoms with Crippen LogP contribution in [0.15, 0.2) is 18.2 Å². The third-order valence-electron chi connectivity index (χ3n) is 3.12. The van der Waals surface area contributed by atoms with E-state index in [-0.39, 0.29) is 5.91 Å². The van der Waals surface area contributed by atoms with Crippen molar-refractivity contribution < 1.29 is 9.90 Å². The number of hydrogen-bond acceptors (Lipinski definition) is 3. The number of nitrogens with two attached hydrogens (primary N) is 1. The van der Waals surface area contributed by atoms with Crippen LogP contribution in [0, 0.1) is 6.92 Å². The third kappa shape index (κ3) is 2.58. The highest BCUT2D eigenvalue weighted by atomic mass is 16.3. The van der Waals surface area contributed by atoms with Crippen LogP contribution in [0.4, 0.5) is 5.69 Å². The predicted molar refractivity (Wildman–Crippen MR) is 66.7 cm³/mol. The molecular formula is C13H18N2O2. The van der Waals surface area contributed by atoms with Crippen LogP contribution in [0.2, 0.25) is 0 Å². The molecule has 1 aliphatic heterocycles. The Kier molecular flexibility index (Phi) is 3.33. The Balaban J connectivity index is 2.21. The third-order valence-corrected chi connectivity index (χ3v) is 3.12. The van der Waals surface area contributed by atoms with Gasteiger partial charge in [0, 0.05) is 18.8 Å². The minimum Gasteiger partial charge on any atom is -0.398 e. The molecule has 0 spiro atoms. The van der Waals surface area contributed by atoms with Gasteiger partial charge in [0.2, 0.25) is 0 Å². The summed E-state index contributed by atoms with van der Waals surface area (Å²) in [6.45, 7) is 3.04. The average molecular weight is 234 g/mol. The van der Waals surface area contributed by atoms with E-state index in [0.717, 1.165) is 18.4 Å². The molecule has 17 heavy (non-hydrogen) atoms. The van der Waals surface area contributed by atoms with Crippen molar-refractivity contribution in [3.05, 3.63) is 29.3 Å². The number of rotatable bonds is 1. The van der Waals surface area contributed by atoms with Crippen molar-refractivity contribution in [3.8, 4) is 0 Å². The summed E-state index contributed by atoms with van der Waals surface area (Å²) in [5.41, 5.74) is 7.88. The maximum atomic E-state index is 12.3. The van der Waals surface area contributed by atoms with Crippen LogP contribution in [0.5, 0.6) is 0 Å². The number of likely N-dealkylation sites (tertiary alicyclic amines) is 1. The van der Waals surface area contributed by atoms with Crippen LogP contribution in [-0.2, 0) is 0 Å². The van der Waals surface area contributed by atoms with Crippen LogP contribution < -0.4 is 5.73 Å². The second kappa shape index (κ2) is 4.75. The largest absolute Gasteiger partial charge is 0.398 e. The molecule has 1 saturated heterocycles. The van der Waals surface area contributed by atoms with Crippen LogP contribution in [-0.4, -0.2) is 35.1 Å². The Labute approximate surface area is 101 Å². The molecule has 1 heterocycles. The zero-order valence-electron chi connectivity index (χ0n) is 10.0. The molecule has 0 saturated carbocycles. The number of carbonyl (C=O) groups excluding carboxylic acids is 1. The van der Waals surface area contributed by atoms with Crippen LogP contribution in [0.25, 0.3) is 0 Å². The zero-order chi connectivity index (χ0) is 12.4. The lowest BCUT2D eigenvalue weighted by molar-refractivity contribution is 0.0474. The van der Waals surface area contributed by atoms with Gasteiger partial charge in [-0.1, -0.05) is 11.6 Å². The van der Waals surface area contributed by atoms with Gasteiger partial charge >= 0.3 is 0 Å². The minimum absolute atomic E-state index is 0.0787. The molecule has 1 aliphatic rings. The van der Waals surface area contributed by atoms with Crippen molar-refractivity contribution in [1.29, 1.82) is 0 Å². The molecular weight excluding hydrogens is 216 g/mol. The maximum Gasteiger partial charge on any atom is 0.256 e. The standard InChI is InChI=1S/C13H18N2O2/c1-9-4-5-12(14)11(7-9)13(17)15-6-2-3-10(16)8-15/h4-5,7,10,16H,2-3,6,8,14H2,1H3/t10-/m0/s1. The molecule has 1 aromatic rings. The van der Waals surface area contributed by atoms with Crippen LogP contribution >= 0.6 is 0 Å². The number of β-amino-alcohol motifs (C(OH)–C–C–N with tert-alkyl or cyclic N) is 1. The number of aliphatic hydroxyl groups is 1. The normalized spacial score (nSPS) is 20.4. The number of piperidine rings is 1. The first-order chi connectivity index (χ1) is 8.08. The fourth-order valence-electron chi connectivity index (χ4n) is 2.16. The van der Waals surface area contributed by atoms with E-state index in [4.69, 9.17) is 5.73 Å². The summed E-state index contributed by atoms with van der Waals surface area (Å²) in [6, 6.07) is 5.44. The second-order valence-corrected chi connectivity index (χ2v) is 4.64. The van der Waals surface area contributed by atoms with E-state index in [0.29, 0.717) is 24.3 Å². The first-order valence-corrected chi connectivity index (χ1v) is 5.91. The molecule has 92 valence electrons. The molecule has 1 aromatic carbocycles. The van der Waals surface area contributed by atoms with Gasteiger partial charge in [0.1, 0.15) is 0 Å². The van der Waals surface area contributed by atoms with Gasteiger partial charge in [0.05, 0.1) is 11.7 Å². The van der Waals surface area contributed by atoms with Gasteiger partial charge in [-0.05, 0) is 31.9 Å². The summed E-state index contributed by atoms with van der Waals surface area (Å²) < 4.78 is 0. The molecule has 0 bridgehead atoms. The molecule has 0 radical (unpaired) electrons. The number of nitrogen functional groups attached to an aromatic ring is 1. The van der Waals surface area contributed by atoms with Gasteiger partial charge in [-0.25, -0.2) is 0 Å². The number of carbonyl (C=O) groups is 1. The van der Waals surface area contributed by atoms with E-state index in [1.807, 2.05) is 13.0 Å².